The van der Waals surface area contributed by atoms with Crippen LogP contribution < -0.4 is 3.11 Å². The summed E-state index contributed by atoms with van der Waals surface area (Å²) < 4.78 is 2.17. The topological polar surface area (TPSA) is 3.24 Å². The quantitative estimate of drug-likeness (QED) is 0.413. The number of benzene rings is 3. The lowest BCUT2D eigenvalue weighted by Gasteiger charge is -2.17. The minimum atomic E-state index is 1.18. The first kappa shape index (κ1) is 13.2. The van der Waals surface area contributed by atoms with Crippen LogP contribution in [-0.4, -0.2) is 0 Å². The number of halogens is 1. The number of rotatable bonds is 3. The summed E-state index contributed by atoms with van der Waals surface area (Å²) in [4.78, 5) is 0. The van der Waals surface area contributed by atoms with Crippen LogP contribution in [0, 0.1) is 0 Å². The van der Waals surface area contributed by atoms with Gasteiger partial charge < -0.3 is 0 Å². The van der Waals surface area contributed by atoms with Gasteiger partial charge in [-0.05, 0) is 35.4 Å². The molecule has 0 aliphatic heterocycles. The Bertz CT molecular complexity index is 680. The Kier molecular flexibility index (Phi) is 4.02. The van der Waals surface area contributed by atoms with Gasteiger partial charge in [0.25, 0.3) is 0 Å². The van der Waals surface area contributed by atoms with Crippen LogP contribution >= 0.6 is 22.9 Å². The van der Waals surface area contributed by atoms with Crippen molar-refractivity contribution >= 4 is 34.2 Å². The highest BCUT2D eigenvalue weighted by atomic mass is 127. The third-order valence-electron chi connectivity index (χ3n) is 3.16. The summed E-state index contributed by atoms with van der Waals surface area (Å²) in [5.74, 6) is 0. The van der Waals surface area contributed by atoms with Gasteiger partial charge in [-0.2, -0.15) is 0 Å². The molecule has 3 rings (SSSR count). The second-order valence-electron chi connectivity index (χ2n) is 4.53. The molecule has 0 heterocycles. The first-order chi connectivity index (χ1) is 9.84. The molecule has 0 aliphatic rings. The van der Waals surface area contributed by atoms with E-state index in [1.165, 1.54) is 22.5 Å². The minimum Gasteiger partial charge on any atom is -0.283 e. The second kappa shape index (κ2) is 6.09. The van der Waals surface area contributed by atoms with Gasteiger partial charge in [-0.1, -0.05) is 60.7 Å². The van der Waals surface area contributed by atoms with Crippen LogP contribution in [0.4, 0.5) is 11.4 Å². The maximum atomic E-state index is 2.34. The maximum Gasteiger partial charge on any atom is 0.0646 e. The van der Waals surface area contributed by atoms with E-state index in [4.69, 9.17) is 0 Å². The zero-order valence-corrected chi connectivity index (χ0v) is 13.1. The first-order valence-electron chi connectivity index (χ1n) is 6.51. The van der Waals surface area contributed by atoms with E-state index in [9.17, 15) is 0 Å². The smallest absolute Gasteiger partial charge is 0.0646 e. The van der Waals surface area contributed by atoms with Gasteiger partial charge in [0.1, 0.15) is 0 Å². The number of nitrogens with zero attached hydrogens (tertiary/aromatic N) is 1. The summed E-state index contributed by atoms with van der Waals surface area (Å²) in [5, 5.41) is 0. The molecule has 0 amide bonds. The predicted octanol–water partition coefficient (Wildman–Crippen LogP) is 5.84. The van der Waals surface area contributed by atoms with Gasteiger partial charge >= 0.3 is 0 Å². The molecule has 2 heteroatoms. The molecule has 1 nitrogen and oxygen atoms in total. The highest BCUT2D eigenvalue weighted by molar-refractivity contribution is 14.1. The fourth-order valence-electron chi connectivity index (χ4n) is 2.15. The van der Waals surface area contributed by atoms with Gasteiger partial charge in [0.15, 0.2) is 0 Å². The van der Waals surface area contributed by atoms with Gasteiger partial charge in [-0.25, -0.2) is 0 Å². The molecule has 0 radical (unpaired) electrons. The summed E-state index contributed by atoms with van der Waals surface area (Å²) >= 11 is 2.34. The van der Waals surface area contributed by atoms with E-state index in [2.05, 4.69) is 98.8 Å². The van der Waals surface area contributed by atoms with Crippen molar-refractivity contribution in [3.05, 3.63) is 84.9 Å². The van der Waals surface area contributed by atoms with E-state index >= 15 is 0 Å². The molecule has 20 heavy (non-hydrogen) atoms. The zero-order valence-electron chi connectivity index (χ0n) is 10.9. The Morgan fingerprint density at radius 1 is 0.550 bits per heavy atom. The molecular weight excluding hydrogens is 357 g/mol. The Labute approximate surface area is 133 Å². The maximum absolute atomic E-state index is 2.34. The molecule has 0 unspecified atom stereocenters. The van der Waals surface area contributed by atoms with E-state index in [0.717, 1.165) is 0 Å². The van der Waals surface area contributed by atoms with E-state index in [1.54, 1.807) is 0 Å². The molecular formula is C18H14IN. The number of hydrogen-bond acceptors (Lipinski definition) is 1. The van der Waals surface area contributed by atoms with Crippen LogP contribution in [0.2, 0.25) is 0 Å². The van der Waals surface area contributed by atoms with Crippen LogP contribution in [0.15, 0.2) is 84.9 Å². The van der Waals surface area contributed by atoms with E-state index in [1.807, 2.05) is 12.1 Å². The lowest BCUT2D eigenvalue weighted by Crippen LogP contribution is -2.00. The van der Waals surface area contributed by atoms with Gasteiger partial charge in [-0.15, -0.1) is 0 Å². The average Bonchev–Trinajstić information content (AvgIpc) is 2.56. The van der Waals surface area contributed by atoms with Gasteiger partial charge in [0, 0.05) is 0 Å². The minimum absolute atomic E-state index is 1.18. The Balaban J connectivity index is 1.96. The second-order valence-corrected chi connectivity index (χ2v) is 5.50. The van der Waals surface area contributed by atoms with Gasteiger partial charge in [0.05, 0.1) is 34.2 Å². The molecule has 3 aromatic rings. The molecule has 98 valence electrons. The van der Waals surface area contributed by atoms with Crippen LogP contribution in [0.3, 0.4) is 0 Å². The van der Waals surface area contributed by atoms with Crippen molar-refractivity contribution in [1.82, 2.24) is 0 Å². The molecule has 0 bridgehead atoms. The molecule has 0 fully saturated rings. The van der Waals surface area contributed by atoms with Crippen LogP contribution in [0.5, 0.6) is 0 Å². The molecule has 0 saturated carbocycles. The lowest BCUT2D eigenvalue weighted by molar-refractivity contribution is 1.47. The van der Waals surface area contributed by atoms with Crippen molar-refractivity contribution in [1.29, 1.82) is 0 Å². The molecule has 0 aliphatic carbocycles. The highest BCUT2D eigenvalue weighted by Gasteiger charge is 2.06. The van der Waals surface area contributed by atoms with Crippen LogP contribution in [0.1, 0.15) is 0 Å². The summed E-state index contributed by atoms with van der Waals surface area (Å²) in [6.07, 6.45) is 0. The Morgan fingerprint density at radius 2 is 1.10 bits per heavy atom. The van der Waals surface area contributed by atoms with Gasteiger partial charge in [-0.3, -0.25) is 3.11 Å². The first-order valence-corrected chi connectivity index (χ1v) is 7.47. The van der Waals surface area contributed by atoms with Crippen molar-refractivity contribution in [2.24, 2.45) is 0 Å². The summed E-state index contributed by atoms with van der Waals surface area (Å²) in [6, 6.07) is 29.4. The molecule has 0 aromatic heterocycles. The fraction of sp³-hybridized carbons (Fsp3) is 0. The number of hydrogen-bond donors (Lipinski definition) is 0. The molecule has 0 atom stereocenters. The molecule has 0 spiro atoms. The third kappa shape index (κ3) is 2.85. The zero-order chi connectivity index (χ0) is 13.8. The fourth-order valence-corrected chi connectivity index (χ4v) is 2.77. The molecule has 0 saturated heterocycles. The van der Waals surface area contributed by atoms with Gasteiger partial charge in [0.2, 0.25) is 0 Å². The number of para-hydroxylation sites is 1. The SMILES string of the molecule is IN(c1ccccc1)c1cccc(-c2ccccc2)c1. The highest BCUT2D eigenvalue weighted by Crippen LogP contribution is 2.32. The predicted molar refractivity (Wildman–Crippen MR) is 94.5 cm³/mol. The van der Waals surface area contributed by atoms with Crippen molar-refractivity contribution in [2.75, 3.05) is 3.11 Å². The van der Waals surface area contributed by atoms with Crippen molar-refractivity contribution in [3.8, 4) is 11.1 Å². The van der Waals surface area contributed by atoms with E-state index < -0.39 is 0 Å². The Hall–Kier alpha value is -1.81. The van der Waals surface area contributed by atoms with Crippen molar-refractivity contribution in [2.45, 2.75) is 0 Å². The van der Waals surface area contributed by atoms with E-state index in [0.29, 0.717) is 0 Å². The summed E-state index contributed by atoms with van der Waals surface area (Å²) in [7, 11) is 0. The number of anilines is 2. The van der Waals surface area contributed by atoms with Crippen molar-refractivity contribution in [3.63, 3.8) is 0 Å². The normalized spacial score (nSPS) is 10.2. The Morgan fingerprint density at radius 3 is 1.80 bits per heavy atom. The average molecular weight is 371 g/mol. The monoisotopic (exact) mass is 371 g/mol. The third-order valence-corrected chi connectivity index (χ3v) is 4.28. The molecule has 3 aromatic carbocycles. The summed E-state index contributed by atoms with van der Waals surface area (Å²) in [6.45, 7) is 0. The van der Waals surface area contributed by atoms with Crippen LogP contribution in [0.25, 0.3) is 11.1 Å². The largest absolute Gasteiger partial charge is 0.283 e. The van der Waals surface area contributed by atoms with Crippen LogP contribution in [-0.2, 0) is 0 Å². The lowest BCUT2D eigenvalue weighted by atomic mass is 10.1. The van der Waals surface area contributed by atoms with Crippen molar-refractivity contribution < 1.29 is 0 Å². The molecule has 0 N–H and O–H groups in total. The van der Waals surface area contributed by atoms with E-state index in [-0.39, 0.29) is 0 Å². The standard InChI is InChI=1S/C18H14IN/c19-20(17-11-5-2-6-12-17)18-13-7-10-16(14-18)15-8-3-1-4-9-15/h1-14H. The summed E-state index contributed by atoms with van der Waals surface area (Å²) in [5.41, 5.74) is 4.84.